The van der Waals surface area contributed by atoms with Gasteiger partial charge in [0.05, 0.1) is 18.9 Å². The lowest BCUT2D eigenvalue weighted by molar-refractivity contribution is -0.132. The van der Waals surface area contributed by atoms with Gasteiger partial charge in [-0.15, -0.1) is 0 Å². The van der Waals surface area contributed by atoms with E-state index in [1.165, 1.54) is 5.56 Å². The molecule has 4 nitrogen and oxygen atoms in total. The fraction of sp³-hybridized carbons (Fsp3) is 0.300. The monoisotopic (exact) mass is 322 g/mol. The van der Waals surface area contributed by atoms with Crippen molar-refractivity contribution in [3.05, 3.63) is 65.2 Å². The predicted molar refractivity (Wildman–Crippen MR) is 95.2 cm³/mol. The summed E-state index contributed by atoms with van der Waals surface area (Å²) in [6.45, 7) is 3.92. The van der Waals surface area contributed by atoms with Gasteiger partial charge < -0.3 is 4.74 Å². The van der Waals surface area contributed by atoms with E-state index in [0.29, 0.717) is 12.8 Å². The van der Waals surface area contributed by atoms with Crippen molar-refractivity contribution in [3.63, 3.8) is 0 Å². The summed E-state index contributed by atoms with van der Waals surface area (Å²) in [6, 6.07) is 16.0. The highest BCUT2D eigenvalue weighted by molar-refractivity contribution is 6.03. The lowest BCUT2D eigenvalue weighted by atomic mass is 9.97. The Balaban J connectivity index is 1.98. The minimum Gasteiger partial charge on any atom is -0.496 e. The van der Waals surface area contributed by atoms with E-state index in [1.807, 2.05) is 31.2 Å². The summed E-state index contributed by atoms with van der Waals surface area (Å²) in [6.07, 6.45) is 1.12. The molecule has 1 aliphatic rings. The number of benzene rings is 2. The average molecular weight is 322 g/mol. The maximum Gasteiger partial charge on any atom is 0.242 e. The Labute approximate surface area is 142 Å². The number of hydrogen-bond donors (Lipinski definition) is 0. The van der Waals surface area contributed by atoms with Crippen molar-refractivity contribution in [3.8, 4) is 5.75 Å². The first-order chi connectivity index (χ1) is 11.6. The molecule has 0 saturated heterocycles. The first-order valence-electron chi connectivity index (χ1n) is 8.23. The Kier molecular flexibility index (Phi) is 4.65. The van der Waals surface area contributed by atoms with E-state index in [0.717, 1.165) is 22.6 Å². The molecule has 124 valence electrons. The summed E-state index contributed by atoms with van der Waals surface area (Å²) >= 11 is 0. The predicted octanol–water partition coefficient (Wildman–Crippen LogP) is 4.09. The molecule has 0 fully saturated rings. The third-order valence-corrected chi connectivity index (χ3v) is 4.35. The standard InChI is InChI=1S/C20H22N2O2/c1-4-20(23)22-18(16-7-5-6-8-19(16)24-3)13-17(21-22)15-11-9-14(2)10-12-15/h5-12,18H,4,13H2,1-3H3/t18-/m0/s1. The van der Waals surface area contributed by atoms with Crippen LogP contribution in [0.1, 0.15) is 42.5 Å². The lowest BCUT2D eigenvalue weighted by Gasteiger charge is -2.23. The van der Waals surface area contributed by atoms with Crippen molar-refractivity contribution in [1.29, 1.82) is 0 Å². The highest BCUT2D eigenvalue weighted by atomic mass is 16.5. The molecule has 0 N–H and O–H groups in total. The SMILES string of the molecule is CCC(=O)N1N=C(c2ccc(C)cc2)C[C@H]1c1ccccc1OC. The second kappa shape index (κ2) is 6.87. The highest BCUT2D eigenvalue weighted by Crippen LogP contribution is 2.37. The topological polar surface area (TPSA) is 41.9 Å². The number of carbonyl (C=O) groups is 1. The number of para-hydroxylation sites is 1. The number of nitrogens with zero attached hydrogens (tertiary/aromatic N) is 2. The van der Waals surface area contributed by atoms with E-state index in [1.54, 1.807) is 12.1 Å². The molecular formula is C20H22N2O2. The Bertz CT molecular complexity index is 765. The van der Waals surface area contributed by atoms with Crippen LogP contribution in [0.25, 0.3) is 0 Å². The first kappa shape index (κ1) is 16.2. The minimum atomic E-state index is -0.120. The normalized spacial score (nSPS) is 16.9. The van der Waals surface area contributed by atoms with E-state index in [9.17, 15) is 4.79 Å². The lowest BCUT2D eigenvalue weighted by Crippen LogP contribution is -2.26. The first-order valence-corrected chi connectivity index (χ1v) is 8.23. The summed E-state index contributed by atoms with van der Waals surface area (Å²) in [5.41, 5.74) is 4.20. The molecule has 1 amide bonds. The molecule has 0 aliphatic carbocycles. The molecule has 4 heteroatoms. The molecule has 1 aliphatic heterocycles. The number of hydrogen-bond acceptors (Lipinski definition) is 3. The summed E-state index contributed by atoms with van der Waals surface area (Å²) in [7, 11) is 1.65. The minimum absolute atomic E-state index is 0.0213. The van der Waals surface area contributed by atoms with Crippen molar-refractivity contribution in [2.24, 2.45) is 5.10 Å². The highest BCUT2D eigenvalue weighted by Gasteiger charge is 2.33. The fourth-order valence-electron chi connectivity index (χ4n) is 3.01. The zero-order valence-electron chi connectivity index (χ0n) is 14.3. The number of aryl methyl sites for hydroxylation is 1. The van der Waals surface area contributed by atoms with Crippen LogP contribution >= 0.6 is 0 Å². The van der Waals surface area contributed by atoms with E-state index in [2.05, 4.69) is 36.3 Å². The van der Waals surface area contributed by atoms with Crippen LogP contribution in [0.5, 0.6) is 5.75 Å². The van der Waals surface area contributed by atoms with Crippen LogP contribution in [0, 0.1) is 6.92 Å². The fourth-order valence-corrected chi connectivity index (χ4v) is 3.01. The Morgan fingerprint density at radius 2 is 1.92 bits per heavy atom. The molecule has 24 heavy (non-hydrogen) atoms. The number of methoxy groups -OCH3 is 1. The summed E-state index contributed by atoms with van der Waals surface area (Å²) < 4.78 is 5.49. The molecule has 1 heterocycles. The van der Waals surface area contributed by atoms with Crippen LogP contribution in [0.15, 0.2) is 53.6 Å². The average Bonchev–Trinajstić information content (AvgIpc) is 3.06. The molecule has 0 radical (unpaired) electrons. The zero-order chi connectivity index (χ0) is 17.1. The number of rotatable bonds is 4. The summed E-state index contributed by atoms with van der Waals surface area (Å²) in [5.74, 6) is 0.810. The van der Waals surface area contributed by atoms with Gasteiger partial charge in [0, 0.05) is 18.4 Å². The third kappa shape index (κ3) is 3.04. The number of ether oxygens (including phenoxy) is 1. The maximum atomic E-state index is 12.4. The molecule has 0 unspecified atom stereocenters. The second-order valence-corrected chi connectivity index (χ2v) is 5.97. The van der Waals surface area contributed by atoms with E-state index < -0.39 is 0 Å². The van der Waals surface area contributed by atoms with Gasteiger partial charge in [-0.2, -0.15) is 5.10 Å². The van der Waals surface area contributed by atoms with Gasteiger partial charge in [0.1, 0.15) is 5.75 Å². The zero-order valence-corrected chi connectivity index (χ0v) is 14.3. The second-order valence-electron chi connectivity index (χ2n) is 5.97. The van der Waals surface area contributed by atoms with Crippen LogP contribution in [0.2, 0.25) is 0 Å². The van der Waals surface area contributed by atoms with Crippen LogP contribution in [0.4, 0.5) is 0 Å². The van der Waals surface area contributed by atoms with E-state index >= 15 is 0 Å². The Morgan fingerprint density at radius 3 is 2.58 bits per heavy atom. The molecule has 2 aromatic carbocycles. The van der Waals surface area contributed by atoms with Crippen molar-refractivity contribution < 1.29 is 9.53 Å². The smallest absolute Gasteiger partial charge is 0.242 e. The van der Waals surface area contributed by atoms with Gasteiger partial charge in [-0.3, -0.25) is 4.79 Å². The quantitative estimate of drug-likeness (QED) is 0.851. The molecule has 0 aromatic heterocycles. The molecular weight excluding hydrogens is 300 g/mol. The number of carbonyl (C=O) groups excluding carboxylic acids is 1. The van der Waals surface area contributed by atoms with Crippen molar-refractivity contribution in [2.45, 2.75) is 32.7 Å². The van der Waals surface area contributed by atoms with Crippen molar-refractivity contribution >= 4 is 11.6 Å². The molecule has 3 rings (SSSR count). The number of amides is 1. The van der Waals surface area contributed by atoms with Crippen LogP contribution in [-0.4, -0.2) is 23.7 Å². The Hall–Kier alpha value is -2.62. The van der Waals surface area contributed by atoms with Gasteiger partial charge in [0.15, 0.2) is 0 Å². The van der Waals surface area contributed by atoms with E-state index in [-0.39, 0.29) is 11.9 Å². The molecule has 0 saturated carbocycles. The summed E-state index contributed by atoms with van der Waals surface area (Å²) in [4.78, 5) is 12.4. The van der Waals surface area contributed by atoms with Gasteiger partial charge in [0.2, 0.25) is 5.91 Å². The molecule has 0 bridgehead atoms. The van der Waals surface area contributed by atoms with Gasteiger partial charge in [0.25, 0.3) is 0 Å². The number of hydrazone groups is 1. The van der Waals surface area contributed by atoms with Crippen LogP contribution in [-0.2, 0) is 4.79 Å². The van der Waals surface area contributed by atoms with Crippen LogP contribution < -0.4 is 4.74 Å². The Morgan fingerprint density at radius 1 is 1.21 bits per heavy atom. The molecule has 0 spiro atoms. The van der Waals surface area contributed by atoms with E-state index in [4.69, 9.17) is 4.74 Å². The summed E-state index contributed by atoms with van der Waals surface area (Å²) in [5, 5.41) is 6.25. The van der Waals surface area contributed by atoms with Crippen LogP contribution in [0.3, 0.4) is 0 Å². The van der Waals surface area contributed by atoms with Gasteiger partial charge in [-0.1, -0.05) is 55.0 Å². The molecule has 2 aromatic rings. The van der Waals surface area contributed by atoms with Crippen molar-refractivity contribution in [1.82, 2.24) is 5.01 Å². The van der Waals surface area contributed by atoms with Gasteiger partial charge in [-0.05, 0) is 18.6 Å². The largest absolute Gasteiger partial charge is 0.496 e. The van der Waals surface area contributed by atoms with Gasteiger partial charge >= 0.3 is 0 Å². The maximum absolute atomic E-state index is 12.4. The van der Waals surface area contributed by atoms with Crippen molar-refractivity contribution in [2.75, 3.05) is 7.11 Å². The third-order valence-electron chi connectivity index (χ3n) is 4.35. The van der Waals surface area contributed by atoms with Gasteiger partial charge in [-0.25, -0.2) is 5.01 Å². The molecule has 1 atom stereocenters.